The number of nitrogens with one attached hydrogen (secondary N) is 2. The van der Waals surface area contributed by atoms with E-state index in [0.717, 1.165) is 36.3 Å². The Bertz CT molecular complexity index is 504. The summed E-state index contributed by atoms with van der Waals surface area (Å²) in [5.41, 5.74) is 9.57. The molecule has 20 heavy (non-hydrogen) atoms. The van der Waals surface area contributed by atoms with E-state index in [-0.39, 0.29) is 10.7 Å². The lowest BCUT2D eigenvalue weighted by Gasteiger charge is -2.30. The van der Waals surface area contributed by atoms with Gasteiger partial charge in [-0.1, -0.05) is 13.8 Å². The van der Waals surface area contributed by atoms with Gasteiger partial charge in [0.15, 0.2) is 0 Å². The molecule has 110 valence electrons. The van der Waals surface area contributed by atoms with E-state index >= 15 is 0 Å². The highest BCUT2D eigenvalue weighted by molar-refractivity contribution is 8.00. The smallest absolute Gasteiger partial charge is 0.228 e. The molecule has 0 spiro atoms. The summed E-state index contributed by atoms with van der Waals surface area (Å²) in [7, 11) is 0. The van der Waals surface area contributed by atoms with Crippen molar-refractivity contribution in [1.29, 1.82) is 0 Å². The van der Waals surface area contributed by atoms with Gasteiger partial charge in [-0.05, 0) is 36.8 Å². The number of anilines is 3. The predicted molar refractivity (Wildman–Crippen MR) is 88.5 cm³/mol. The first-order valence-corrected chi connectivity index (χ1v) is 8.27. The molecular weight excluding hydrogens is 270 g/mol. The number of thioether (sulfide) groups is 1. The van der Waals surface area contributed by atoms with E-state index in [1.807, 2.05) is 23.9 Å². The first kappa shape index (κ1) is 15.0. The van der Waals surface area contributed by atoms with Crippen molar-refractivity contribution in [2.45, 2.75) is 37.9 Å². The summed E-state index contributed by atoms with van der Waals surface area (Å²) >= 11 is 1.90. The molecule has 0 saturated heterocycles. The number of nitrogen functional groups attached to an aromatic ring is 1. The zero-order valence-electron chi connectivity index (χ0n) is 12.4. The number of nitrogens with two attached hydrogens (primary N) is 1. The normalized spacial score (nSPS) is 14.1. The molecule has 4 nitrogen and oxygen atoms in total. The summed E-state index contributed by atoms with van der Waals surface area (Å²) in [4.78, 5) is 11.4. The van der Waals surface area contributed by atoms with Gasteiger partial charge in [0.05, 0.1) is 17.8 Å². The summed E-state index contributed by atoms with van der Waals surface area (Å²) in [6, 6.07) is 3.85. The number of carbonyl (C=O) groups excluding carboxylic acids is 1. The highest BCUT2D eigenvalue weighted by atomic mass is 32.2. The molecule has 0 saturated carbocycles. The van der Waals surface area contributed by atoms with E-state index in [0.29, 0.717) is 12.1 Å². The summed E-state index contributed by atoms with van der Waals surface area (Å²) < 4.78 is 0.231. The minimum atomic E-state index is 0.0390. The van der Waals surface area contributed by atoms with Crippen LogP contribution in [-0.4, -0.2) is 23.5 Å². The van der Waals surface area contributed by atoms with Crippen LogP contribution < -0.4 is 16.4 Å². The quantitative estimate of drug-likeness (QED) is 0.705. The van der Waals surface area contributed by atoms with E-state index < -0.39 is 0 Å². The van der Waals surface area contributed by atoms with E-state index in [9.17, 15) is 4.79 Å². The lowest BCUT2D eigenvalue weighted by molar-refractivity contribution is -0.115. The lowest BCUT2D eigenvalue weighted by Crippen LogP contribution is -2.32. The Morgan fingerprint density at radius 2 is 2.10 bits per heavy atom. The molecule has 1 aliphatic rings. The van der Waals surface area contributed by atoms with Gasteiger partial charge in [-0.15, -0.1) is 0 Å². The fraction of sp³-hybridized carbons (Fsp3) is 0.533. The third kappa shape index (κ3) is 2.87. The molecule has 0 radical (unpaired) electrons. The Hall–Kier alpha value is -1.36. The maximum absolute atomic E-state index is 11.4. The molecule has 0 fully saturated rings. The van der Waals surface area contributed by atoms with Crippen molar-refractivity contribution in [3.8, 4) is 0 Å². The molecule has 0 atom stereocenters. The molecule has 4 N–H and O–H groups in total. The number of fused-ring (bicyclic) bond motifs is 1. The topological polar surface area (TPSA) is 67.1 Å². The number of amides is 1. The van der Waals surface area contributed by atoms with Crippen molar-refractivity contribution in [1.82, 2.24) is 0 Å². The van der Waals surface area contributed by atoms with E-state index in [4.69, 9.17) is 5.73 Å². The number of benzene rings is 1. The van der Waals surface area contributed by atoms with Crippen LogP contribution in [0.1, 0.15) is 32.3 Å². The van der Waals surface area contributed by atoms with Gasteiger partial charge in [0.2, 0.25) is 5.91 Å². The third-order valence-electron chi connectivity index (χ3n) is 4.22. The monoisotopic (exact) mass is 293 g/mol. The largest absolute Gasteiger partial charge is 0.397 e. The van der Waals surface area contributed by atoms with Gasteiger partial charge >= 0.3 is 0 Å². The molecule has 0 aromatic heterocycles. The van der Waals surface area contributed by atoms with Gasteiger partial charge in [0, 0.05) is 17.0 Å². The van der Waals surface area contributed by atoms with Gasteiger partial charge in [-0.3, -0.25) is 4.79 Å². The van der Waals surface area contributed by atoms with Crippen molar-refractivity contribution in [2.75, 3.05) is 29.2 Å². The van der Waals surface area contributed by atoms with Crippen LogP contribution in [0.25, 0.3) is 0 Å². The van der Waals surface area contributed by atoms with Crippen LogP contribution in [0.5, 0.6) is 0 Å². The number of rotatable bonds is 6. The zero-order chi connectivity index (χ0) is 14.8. The number of hydrogen-bond acceptors (Lipinski definition) is 4. The molecule has 1 aliphatic heterocycles. The molecule has 0 unspecified atom stereocenters. The Kier molecular flexibility index (Phi) is 4.48. The van der Waals surface area contributed by atoms with Crippen molar-refractivity contribution in [2.24, 2.45) is 0 Å². The first-order valence-electron chi connectivity index (χ1n) is 7.05. The Morgan fingerprint density at radius 1 is 1.40 bits per heavy atom. The standard InChI is InChI=1S/C15H23N3OS/c1-4-15(5-2,20-3)9-17-13-8-12-10(6-11(13)16)7-14(19)18-12/h6,8,17H,4-5,7,9,16H2,1-3H3,(H,18,19). The van der Waals surface area contributed by atoms with Crippen LogP contribution in [-0.2, 0) is 11.2 Å². The van der Waals surface area contributed by atoms with Crippen molar-refractivity contribution < 1.29 is 4.79 Å². The molecule has 1 amide bonds. The molecule has 0 aliphatic carbocycles. The second kappa shape index (κ2) is 5.95. The van der Waals surface area contributed by atoms with Crippen LogP contribution in [0.2, 0.25) is 0 Å². The van der Waals surface area contributed by atoms with E-state index in [1.54, 1.807) is 0 Å². The maximum atomic E-state index is 11.4. The highest BCUT2D eigenvalue weighted by Gasteiger charge is 2.25. The van der Waals surface area contributed by atoms with Crippen molar-refractivity contribution >= 4 is 34.7 Å². The second-order valence-corrected chi connectivity index (χ2v) is 6.54. The van der Waals surface area contributed by atoms with Crippen LogP contribution in [0.4, 0.5) is 17.1 Å². The van der Waals surface area contributed by atoms with Crippen molar-refractivity contribution in [3.05, 3.63) is 17.7 Å². The third-order valence-corrected chi connectivity index (χ3v) is 5.81. The average molecular weight is 293 g/mol. The van der Waals surface area contributed by atoms with E-state index in [1.165, 1.54) is 0 Å². The molecular formula is C15H23N3OS. The summed E-state index contributed by atoms with van der Waals surface area (Å²) in [5.74, 6) is 0.0390. The van der Waals surface area contributed by atoms with Gasteiger partial charge in [-0.25, -0.2) is 0 Å². The zero-order valence-corrected chi connectivity index (χ0v) is 13.2. The molecule has 1 heterocycles. The van der Waals surface area contributed by atoms with Crippen LogP contribution in [0.15, 0.2) is 12.1 Å². The lowest BCUT2D eigenvalue weighted by atomic mass is 10.0. The van der Waals surface area contributed by atoms with Crippen molar-refractivity contribution in [3.63, 3.8) is 0 Å². The molecule has 0 bridgehead atoms. The van der Waals surface area contributed by atoms with E-state index in [2.05, 4.69) is 30.7 Å². The Morgan fingerprint density at radius 3 is 2.70 bits per heavy atom. The number of carbonyl (C=O) groups is 1. The van der Waals surface area contributed by atoms with Gasteiger partial charge in [0.1, 0.15) is 0 Å². The Labute approximate surface area is 124 Å². The Balaban J connectivity index is 2.15. The summed E-state index contributed by atoms with van der Waals surface area (Å²) in [6.07, 6.45) is 4.80. The first-order chi connectivity index (χ1) is 9.53. The second-order valence-electron chi connectivity index (χ2n) is 5.27. The van der Waals surface area contributed by atoms with Crippen LogP contribution >= 0.6 is 11.8 Å². The fourth-order valence-electron chi connectivity index (χ4n) is 2.56. The maximum Gasteiger partial charge on any atom is 0.228 e. The van der Waals surface area contributed by atoms with Gasteiger partial charge < -0.3 is 16.4 Å². The predicted octanol–water partition coefficient (Wildman–Crippen LogP) is 3.10. The fourth-order valence-corrected chi connectivity index (χ4v) is 3.36. The van der Waals surface area contributed by atoms with Gasteiger partial charge in [-0.2, -0.15) is 11.8 Å². The minimum absolute atomic E-state index is 0.0390. The molecule has 2 rings (SSSR count). The minimum Gasteiger partial charge on any atom is -0.397 e. The van der Waals surface area contributed by atoms with Gasteiger partial charge in [0.25, 0.3) is 0 Å². The molecule has 1 aromatic carbocycles. The SMILES string of the molecule is CCC(CC)(CNc1cc2c(cc1N)CC(=O)N2)SC. The number of hydrogen-bond donors (Lipinski definition) is 3. The van der Waals surface area contributed by atoms with Crippen LogP contribution in [0.3, 0.4) is 0 Å². The summed E-state index contributed by atoms with van der Waals surface area (Å²) in [5, 5.41) is 6.32. The molecule has 1 aromatic rings. The highest BCUT2D eigenvalue weighted by Crippen LogP contribution is 2.34. The molecule has 5 heteroatoms. The summed E-state index contributed by atoms with van der Waals surface area (Å²) in [6.45, 7) is 5.31. The van der Waals surface area contributed by atoms with Crippen LogP contribution in [0, 0.1) is 0 Å². The average Bonchev–Trinajstić information content (AvgIpc) is 2.80.